The summed E-state index contributed by atoms with van der Waals surface area (Å²) in [6.07, 6.45) is 5.23. The first-order valence-electron chi connectivity index (χ1n) is 7.81. The maximum atomic E-state index is 12.1. The van der Waals surface area contributed by atoms with E-state index < -0.39 is 6.10 Å². The number of carbonyl (C=O) groups is 1. The van der Waals surface area contributed by atoms with Crippen LogP contribution in [0.5, 0.6) is 0 Å². The third-order valence-corrected chi connectivity index (χ3v) is 5.36. The van der Waals surface area contributed by atoms with Crippen molar-refractivity contribution in [2.75, 3.05) is 6.54 Å². The van der Waals surface area contributed by atoms with E-state index >= 15 is 0 Å². The third-order valence-electron chi connectivity index (χ3n) is 5.36. The van der Waals surface area contributed by atoms with Gasteiger partial charge in [-0.2, -0.15) is 0 Å². The van der Waals surface area contributed by atoms with Crippen LogP contribution in [0.15, 0.2) is 18.2 Å². The van der Waals surface area contributed by atoms with Crippen LogP contribution in [0.1, 0.15) is 53.3 Å². The van der Waals surface area contributed by atoms with Crippen molar-refractivity contribution >= 4 is 5.91 Å². The van der Waals surface area contributed by atoms with Crippen LogP contribution in [-0.4, -0.2) is 17.6 Å². The summed E-state index contributed by atoms with van der Waals surface area (Å²) >= 11 is 0. The molecule has 0 saturated heterocycles. The third kappa shape index (κ3) is 2.05. The first kappa shape index (κ1) is 12.4. The van der Waals surface area contributed by atoms with Crippen molar-refractivity contribution < 1.29 is 9.90 Å². The molecule has 2 saturated carbocycles. The molecule has 3 atom stereocenters. The summed E-state index contributed by atoms with van der Waals surface area (Å²) in [4.78, 5) is 12.1. The highest BCUT2D eigenvalue weighted by atomic mass is 16.3. The first-order valence-corrected chi connectivity index (χ1v) is 7.81. The molecule has 3 heteroatoms. The minimum Gasteiger partial charge on any atom is -0.388 e. The lowest BCUT2D eigenvalue weighted by molar-refractivity contribution is 0.0952. The van der Waals surface area contributed by atoms with Crippen LogP contribution >= 0.6 is 0 Å². The molecule has 1 heterocycles. The number of aliphatic hydroxyl groups excluding tert-OH is 1. The summed E-state index contributed by atoms with van der Waals surface area (Å²) in [5, 5.41) is 13.5. The second-order valence-corrected chi connectivity index (χ2v) is 6.71. The smallest absolute Gasteiger partial charge is 0.251 e. The number of hydrogen-bond donors (Lipinski definition) is 2. The van der Waals surface area contributed by atoms with E-state index in [1.54, 1.807) is 0 Å². The monoisotopic (exact) mass is 271 g/mol. The first-order chi connectivity index (χ1) is 9.72. The molecule has 4 rings (SSSR count). The lowest BCUT2D eigenvalue weighted by Gasteiger charge is -2.21. The van der Waals surface area contributed by atoms with Crippen LogP contribution in [0.2, 0.25) is 0 Å². The Labute approximate surface area is 119 Å². The molecule has 0 radical (unpaired) electrons. The fourth-order valence-electron chi connectivity index (χ4n) is 4.07. The maximum Gasteiger partial charge on any atom is 0.251 e. The van der Waals surface area contributed by atoms with Crippen molar-refractivity contribution in [1.29, 1.82) is 0 Å². The number of amides is 1. The second kappa shape index (κ2) is 4.59. The van der Waals surface area contributed by atoms with Crippen molar-refractivity contribution in [3.8, 4) is 0 Å². The van der Waals surface area contributed by atoms with Gasteiger partial charge in [-0.3, -0.25) is 4.79 Å². The van der Waals surface area contributed by atoms with E-state index in [1.165, 1.54) is 6.42 Å². The van der Waals surface area contributed by atoms with Crippen LogP contribution < -0.4 is 5.32 Å². The molecule has 0 aromatic heterocycles. The van der Waals surface area contributed by atoms with Gasteiger partial charge in [0, 0.05) is 12.1 Å². The minimum absolute atomic E-state index is 0.0146. The topological polar surface area (TPSA) is 49.3 Å². The number of fused-ring (bicyclic) bond motifs is 2. The number of aryl methyl sites for hydroxylation is 1. The van der Waals surface area contributed by atoms with Gasteiger partial charge in [-0.05, 0) is 67.1 Å². The zero-order chi connectivity index (χ0) is 13.7. The van der Waals surface area contributed by atoms with Gasteiger partial charge >= 0.3 is 0 Å². The van der Waals surface area contributed by atoms with Gasteiger partial charge < -0.3 is 10.4 Å². The van der Waals surface area contributed by atoms with Crippen molar-refractivity contribution in [2.24, 2.45) is 17.8 Å². The average Bonchev–Trinajstić information content (AvgIpc) is 3.13. The molecule has 2 fully saturated rings. The Kier molecular flexibility index (Phi) is 2.84. The van der Waals surface area contributed by atoms with Gasteiger partial charge in [-0.15, -0.1) is 0 Å². The van der Waals surface area contributed by atoms with E-state index in [0.717, 1.165) is 60.8 Å². The molecule has 1 amide bonds. The van der Waals surface area contributed by atoms with Crippen molar-refractivity contribution in [2.45, 2.75) is 38.2 Å². The Morgan fingerprint density at radius 2 is 2.00 bits per heavy atom. The fourth-order valence-corrected chi connectivity index (χ4v) is 4.07. The molecule has 1 aromatic carbocycles. The van der Waals surface area contributed by atoms with Crippen LogP contribution in [0.25, 0.3) is 0 Å². The van der Waals surface area contributed by atoms with Crippen LogP contribution in [0.3, 0.4) is 0 Å². The molecule has 106 valence electrons. The summed E-state index contributed by atoms with van der Waals surface area (Å²) in [5.74, 6) is 2.16. The van der Waals surface area contributed by atoms with Crippen molar-refractivity contribution in [3.05, 3.63) is 34.9 Å². The Hall–Kier alpha value is -1.35. The number of hydrogen-bond acceptors (Lipinski definition) is 2. The Morgan fingerprint density at radius 3 is 2.80 bits per heavy atom. The molecule has 0 spiro atoms. The van der Waals surface area contributed by atoms with Gasteiger partial charge in [0.1, 0.15) is 0 Å². The quantitative estimate of drug-likeness (QED) is 0.868. The molecule has 3 unspecified atom stereocenters. The number of rotatable bonds is 2. The van der Waals surface area contributed by atoms with Gasteiger partial charge in [-0.25, -0.2) is 0 Å². The lowest BCUT2D eigenvalue weighted by atomic mass is 9.89. The molecule has 20 heavy (non-hydrogen) atoms. The normalized spacial score (nSPS) is 32.9. The molecule has 3 nitrogen and oxygen atoms in total. The predicted octanol–water partition coefficient (Wildman–Crippen LogP) is 2.44. The van der Waals surface area contributed by atoms with Gasteiger partial charge in [0.25, 0.3) is 5.91 Å². The van der Waals surface area contributed by atoms with Gasteiger partial charge in [0.2, 0.25) is 0 Å². The number of nitrogens with one attached hydrogen (secondary N) is 1. The molecule has 2 N–H and O–H groups in total. The number of aliphatic hydroxyl groups is 1. The Morgan fingerprint density at radius 1 is 1.20 bits per heavy atom. The van der Waals surface area contributed by atoms with E-state index in [2.05, 4.69) is 5.32 Å². The molecule has 0 bridgehead atoms. The van der Waals surface area contributed by atoms with Crippen molar-refractivity contribution in [1.82, 2.24) is 5.32 Å². The fraction of sp³-hybridized carbons (Fsp3) is 0.588. The van der Waals surface area contributed by atoms with Crippen LogP contribution in [-0.2, 0) is 6.42 Å². The van der Waals surface area contributed by atoms with E-state index in [4.69, 9.17) is 0 Å². The van der Waals surface area contributed by atoms with E-state index in [9.17, 15) is 9.90 Å². The molecule has 2 aliphatic carbocycles. The van der Waals surface area contributed by atoms with Gasteiger partial charge in [0.15, 0.2) is 0 Å². The van der Waals surface area contributed by atoms with E-state index in [0.29, 0.717) is 5.92 Å². The standard InChI is InChI=1S/C17H21NO2/c19-16(14-7-12-6-13(12)8-14)11-4-3-10-2-1-5-18-17(20)15(10)9-11/h3-4,9,12-14,16,19H,1-2,5-8H2,(H,18,20). The summed E-state index contributed by atoms with van der Waals surface area (Å²) in [6, 6.07) is 5.98. The zero-order valence-electron chi connectivity index (χ0n) is 11.6. The minimum atomic E-state index is -0.399. The highest BCUT2D eigenvalue weighted by Crippen LogP contribution is 2.57. The summed E-state index contributed by atoms with van der Waals surface area (Å²) in [7, 11) is 0. The Balaban J connectivity index is 1.60. The van der Waals surface area contributed by atoms with E-state index in [1.807, 2.05) is 18.2 Å². The van der Waals surface area contributed by atoms with E-state index in [-0.39, 0.29) is 5.91 Å². The molecular formula is C17H21NO2. The Bertz CT molecular complexity index is 544. The van der Waals surface area contributed by atoms with Crippen LogP contribution in [0, 0.1) is 17.8 Å². The summed E-state index contributed by atoms with van der Waals surface area (Å²) in [6.45, 7) is 0.747. The molecule has 1 aromatic rings. The number of benzene rings is 1. The van der Waals surface area contributed by atoms with Gasteiger partial charge in [-0.1, -0.05) is 12.1 Å². The highest BCUT2D eigenvalue weighted by molar-refractivity contribution is 5.96. The molecule has 3 aliphatic rings. The van der Waals surface area contributed by atoms with Crippen LogP contribution in [0.4, 0.5) is 0 Å². The molecule has 1 aliphatic heterocycles. The van der Waals surface area contributed by atoms with Crippen molar-refractivity contribution in [3.63, 3.8) is 0 Å². The highest BCUT2D eigenvalue weighted by Gasteiger charge is 2.47. The lowest BCUT2D eigenvalue weighted by Crippen LogP contribution is -2.23. The summed E-state index contributed by atoms with van der Waals surface area (Å²) in [5.41, 5.74) is 2.81. The second-order valence-electron chi connectivity index (χ2n) is 6.71. The predicted molar refractivity (Wildman–Crippen MR) is 76.4 cm³/mol. The SMILES string of the molecule is O=C1NCCCc2ccc(C(O)C3CC4CC4C3)cc21. The maximum absolute atomic E-state index is 12.1. The van der Waals surface area contributed by atoms with Gasteiger partial charge in [0.05, 0.1) is 6.10 Å². The zero-order valence-corrected chi connectivity index (χ0v) is 11.6. The molecular weight excluding hydrogens is 250 g/mol. The number of carbonyl (C=O) groups excluding carboxylic acids is 1. The summed E-state index contributed by atoms with van der Waals surface area (Å²) < 4.78 is 0. The average molecular weight is 271 g/mol. The largest absolute Gasteiger partial charge is 0.388 e.